The second-order valence-electron chi connectivity index (χ2n) is 13.3. The van der Waals surface area contributed by atoms with Crippen LogP contribution < -0.4 is 0 Å². The first kappa shape index (κ1) is 42.7. The molecule has 0 radical (unpaired) electrons. The van der Waals surface area contributed by atoms with Crippen molar-refractivity contribution in [2.45, 2.75) is 73.2 Å². The van der Waals surface area contributed by atoms with Gasteiger partial charge in [0.15, 0.2) is 0 Å². The van der Waals surface area contributed by atoms with Crippen LogP contribution in [0.5, 0.6) is 0 Å². The molecule has 0 aliphatic heterocycles. The highest BCUT2D eigenvalue weighted by molar-refractivity contribution is 5.77. The fraction of sp³-hybridized carbons (Fsp3) is 0.667. The smallest absolute Gasteiger partial charge is 0.460 e. The third-order valence-corrected chi connectivity index (χ3v) is 6.21. The van der Waals surface area contributed by atoms with Crippen molar-refractivity contribution in [3.05, 3.63) is 35.4 Å². The highest BCUT2D eigenvalue weighted by atomic mass is 16.7. The maximum absolute atomic E-state index is 13.2. The number of aryl methyl sites for hydroxylation is 1. The van der Waals surface area contributed by atoms with Crippen molar-refractivity contribution >= 4 is 30.5 Å². The number of hydrogen-bond donors (Lipinski definition) is 2. The van der Waals surface area contributed by atoms with Gasteiger partial charge in [-0.05, 0) is 61.0 Å². The quantitative estimate of drug-likeness (QED) is 0.176. The van der Waals surface area contributed by atoms with Crippen LogP contribution >= 0.6 is 0 Å². The Morgan fingerprint density at radius 3 is 1.39 bits per heavy atom. The van der Waals surface area contributed by atoms with E-state index in [1.54, 1.807) is 53.7 Å². The van der Waals surface area contributed by atoms with Gasteiger partial charge in [0.2, 0.25) is 0 Å². The number of rotatable bonds is 17. The molecule has 2 N–H and O–H groups in total. The standard InChI is InChI=1S/C33H52N2O14/c1-24-9-11-25(12-10-24)21-45-26(38)33(8,22-46-29(41)43-19-15-34(13-17-36)27(39)48-31(2,3)4)23-47-30(42)44-20-16-35(14-18-37)28(40)49-32(5,6)7/h9-12,36-37H,13-23H2,1-8H3. The maximum atomic E-state index is 13.2. The molecule has 0 heterocycles. The first-order chi connectivity index (χ1) is 22.8. The van der Waals surface area contributed by atoms with Crippen LogP contribution in [0, 0.1) is 12.3 Å². The van der Waals surface area contributed by atoms with Crippen LogP contribution in [0.3, 0.4) is 0 Å². The summed E-state index contributed by atoms with van der Waals surface area (Å²) < 4.78 is 36.4. The average Bonchev–Trinajstić information content (AvgIpc) is 2.99. The third-order valence-electron chi connectivity index (χ3n) is 6.21. The Morgan fingerprint density at radius 1 is 0.612 bits per heavy atom. The van der Waals surface area contributed by atoms with Gasteiger partial charge in [-0.2, -0.15) is 0 Å². The molecule has 1 aromatic rings. The predicted molar refractivity (Wildman–Crippen MR) is 173 cm³/mol. The Kier molecular flexibility index (Phi) is 17.7. The Balaban J connectivity index is 2.83. The second kappa shape index (κ2) is 20.3. The van der Waals surface area contributed by atoms with Crippen LogP contribution in [0.2, 0.25) is 0 Å². The Labute approximate surface area is 287 Å². The van der Waals surface area contributed by atoms with E-state index in [1.165, 1.54) is 6.92 Å². The van der Waals surface area contributed by atoms with Crippen molar-refractivity contribution in [1.29, 1.82) is 0 Å². The van der Waals surface area contributed by atoms with Crippen molar-refractivity contribution in [1.82, 2.24) is 9.80 Å². The van der Waals surface area contributed by atoms with E-state index in [4.69, 9.17) is 33.2 Å². The van der Waals surface area contributed by atoms with E-state index in [1.807, 2.05) is 19.1 Å². The lowest BCUT2D eigenvalue weighted by Gasteiger charge is -2.27. The zero-order valence-electron chi connectivity index (χ0n) is 29.8. The Hall–Kier alpha value is -4.31. The molecule has 0 aromatic heterocycles. The topological polar surface area (TPSA) is 197 Å². The molecule has 1 aromatic carbocycles. The van der Waals surface area contributed by atoms with Crippen LogP contribution in [0.1, 0.15) is 59.6 Å². The largest absolute Gasteiger partial charge is 0.508 e. The van der Waals surface area contributed by atoms with Gasteiger partial charge in [-0.3, -0.25) is 4.79 Å². The highest BCUT2D eigenvalue weighted by Crippen LogP contribution is 2.22. The fourth-order valence-corrected chi connectivity index (χ4v) is 3.65. The lowest BCUT2D eigenvalue weighted by Crippen LogP contribution is -2.42. The van der Waals surface area contributed by atoms with Gasteiger partial charge in [0.1, 0.15) is 49.7 Å². The monoisotopic (exact) mass is 700 g/mol. The van der Waals surface area contributed by atoms with Crippen LogP contribution in [0.4, 0.5) is 19.2 Å². The lowest BCUT2D eigenvalue weighted by molar-refractivity contribution is -0.162. The number of esters is 1. The van der Waals surface area contributed by atoms with E-state index < -0.39 is 60.3 Å². The molecule has 0 spiro atoms. The molecule has 0 fully saturated rings. The lowest BCUT2D eigenvalue weighted by atomic mass is 9.93. The molecule has 1 rings (SSSR count). The third kappa shape index (κ3) is 18.1. The molecule has 278 valence electrons. The maximum Gasteiger partial charge on any atom is 0.508 e. The number of aliphatic hydroxyl groups excluding tert-OH is 2. The fourth-order valence-electron chi connectivity index (χ4n) is 3.65. The van der Waals surface area contributed by atoms with Gasteiger partial charge in [-0.1, -0.05) is 29.8 Å². The first-order valence-electron chi connectivity index (χ1n) is 15.8. The minimum absolute atomic E-state index is 0.0634. The van der Waals surface area contributed by atoms with E-state index in [9.17, 15) is 34.2 Å². The van der Waals surface area contributed by atoms with Gasteiger partial charge in [-0.15, -0.1) is 0 Å². The number of benzene rings is 1. The average molecular weight is 701 g/mol. The van der Waals surface area contributed by atoms with Gasteiger partial charge in [0.05, 0.1) is 26.3 Å². The van der Waals surface area contributed by atoms with E-state index in [0.29, 0.717) is 5.56 Å². The summed E-state index contributed by atoms with van der Waals surface area (Å²) in [5.41, 5.74) is -1.57. The van der Waals surface area contributed by atoms with E-state index in [0.717, 1.165) is 15.4 Å². The number of carbonyl (C=O) groups excluding carboxylic acids is 5. The molecule has 2 amide bonds. The number of amides is 2. The number of nitrogens with zero attached hydrogens (tertiary/aromatic N) is 2. The van der Waals surface area contributed by atoms with Gasteiger partial charge >= 0.3 is 30.5 Å². The molecule has 16 heteroatoms. The molecule has 16 nitrogen and oxygen atoms in total. The summed E-state index contributed by atoms with van der Waals surface area (Å²) >= 11 is 0. The van der Waals surface area contributed by atoms with Crippen LogP contribution in [-0.2, 0) is 44.6 Å². The van der Waals surface area contributed by atoms with Gasteiger partial charge < -0.3 is 53.2 Å². The molecular weight excluding hydrogens is 648 g/mol. The first-order valence-corrected chi connectivity index (χ1v) is 15.8. The second-order valence-corrected chi connectivity index (χ2v) is 13.3. The normalized spacial score (nSPS) is 11.6. The van der Waals surface area contributed by atoms with Crippen molar-refractivity contribution in [3.8, 4) is 0 Å². The van der Waals surface area contributed by atoms with E-state index in [2.05, 4.69) is 0 Å². The van der Waals surface area contributed by atoms with Gasteiger partial charge in [-0.25, -0.2) is 19.2 Å². The van der Waals surface area contributed by atoms with Crippen LogP contribution in [0.25, 0.3) is 0 Å². The van der Waals surface area contributed by atoms with Crippen LogP contribution in [0.15, 0.2) is 24.3 Å². The predicted octanol–water partition coefficient (Wildman–Crippen LogP) is 3.81. The number of aliphatic hydroxyl groups is 2. The molecular formula is C33H52N2O14. The van der Waals surface area contributed by atoms with E-state index in [-0.39, 0.29) is 59.2 Å². The Morgan fingerprint density at radius 2 is 1.02 bits per heavy atom. The van der Waals surface area contributed by atoms with Gasteiger partial charge in [0, 0.05) is 13.1 Å². The molecule has 0 bridgehead atoms. The number of carbonyl (C=O) groups is 5. The summed E-state index contributed by atoms with van der Waals surface area (Å²) in [6.45, 7) is 10.3. The molecule has 0 saturated carbocycles. The summed E-state index contributed by atoms with van der Waals surface area (Å²) in [5.74, 6) is -0.855. The van der Waals surface area contributed by atoms with Crippen molar-refractivity contribution < 1.29 is 67.3 Å². The van der Waals surface area contributed by atoms with Crippen LogP contribution in [-0.4, -0.2) is 128 Å². The van der Waals surface area contributed by atoms with E-state index >= 15 is 0 Å². The molecule has 0 aliphatic carbocycles. The molecule has 0 unspecified atom stereocenters. The summed E-state index contributed by atoms with van der Waals surface area (Å²) in [6.07, 6.45) is -3.78. The molecule has 0 aliphatic rings. The zero-order chi connectivity index (χ0) is 37.3. The Bertz CT molecular complexity index is 1150. The molecule has 0 saturated heterocycles. The minimum Gasteiger partial charge on any atom is -0.460 e. The van der Waals surface area contributed by atoms with Crippen molar-refractivity contribution in [3.63, 3.8) is 0 Å². The molecule has 49 heavy (non-hydrogen) atoms. The number of ether oxygens (including phenoxy) is 7. The zero-order valence-corrected chi connectivity index (χ0v) is 29.8. The summed E-state index contributed by atoms with van der Waals surface area (Å²) in [5, 5.41) is 18.6. The summed E-state index contributed by atoms with van der Waals surface area (Å²) in [4.78, 5) is 65.1. The minimum atomic E-state index is -1.71. The number of hydrogen-bond acceptors (Lipinski definition) is 14. The molecule has 0 atom stereocenters. The van der Waals surface area contributed by atoms with Crippen molar-refractivity contribution in [2.24, 2.45) is 5.41 Å². The van der Waals surface area contributed by atoms with Crippen molar-refractivity contribution in [2.75, 3.05) is 65.8 Å². The SMILES string of the molecule is Cc1ccc(COC(=O)C(C)(COC(=O)OCCN(CCO)C(=O)OC(C)(C)C)COC(=O)OCCN(CCO)C(=O)OC(C)(C)C)cc1. The summed E-state index contributed by atoms with van der Waals surface area (Å²) in [7, 11) is 0. The highest BCUT2D eigenvalue weighted by Gasteiger charge is 2.39. The summed E-state index contributed by atoms with van der Waals surface area (Å²) in [6, 6.07) is 7.23. The van der Waals surface area contributed by atoms with Gasteiger partial charge in [0.25, 0.3) is 0 Å².